The van der Waals surface area contributed by atoms with Crippen molar-refractivity contribution in [2.24, 2.45) is 5.92 Å². The van der Waals surface area contributed by atoms with Crippen molar-refractivity contribution in [3.63, 3.8) is 0 Å². The standard InChI is InChI=1S/C43H53N5O14/c1-27-9-5-6-12-33(27)39(54)45-24-31(50)23-30(41(56)57)21-29-14-16-32(17-15-29)61-25-36(51)46-35(22-28-10-3-2-4-11-28)40(55)44-20-8-7-13-37(62-26-49)48-43(60)47-34(42(58)59)18-19-38(52)53/h2-4,6,10-12,14-17,26,30,34-35,37H,5,7-9,13,18-25H2,1H3,(H,44,55)(H,45,54)(H,46,51)(H,52,53)(H,56,57)(H,58,59)(H2,47,48,60)/t30-,34+,35+,37-/m1/s1. The van der Waals surface area contributed by atoms with Crippen LogP contribution in [0.3, 0.4) is 0 Å². The quantitative estimate of drug-likeness (QED) is 0.0346. The van der Waals surface area contributed by atoms with Crippen LogP contribution in [0.15, 0.2) is 77.9 Å². The lowest BCUT2D eigenvalue weighted by Crippen LogP contribution is -2.50. The number of allylic oxidation sites excluding steroid dienone is 2. The molecule has 2 aromatic rings. The first kappa shape index (κ1) is 49.3. The molecular weight excluding hydrogens is 810 g/mol. The molecule has 0 spiro atoms. The molecule has 0 aliphatic heterocycles. The molecule has 0 saturated heterocycles. The van der Waals surface area contributed by atoms with Gasteiger partial charge in [0.05, 0.1) is 12.5 Å². The van der Waals surface area contributed by atoms with Crippen LogP contribution in [0.1, 0.15) is 69.4 Å². The number of ketones is 1. The van der Waals surface area contributed by atoms with Gasteiger partial charge >= 0.3 is 23.9 Å². The van der Waals surface area contributed by atoms with E-state index in [-0.39, 0.29) is 57.6 Å². The molecule has 8 N–H and O–H groups in total. The van der Waals surface area contributed by atoms with E-state index in [1.54, 1.807) is 60.7 Å². The lowest BCUT2D eigenvalue weighted by Gasteiger charge is -2.20. The number of ether oxygens (including phenoxy) is 2. The molecule has 62 heavy (non-hydrogen) atoms. The number of amides is 5. The molecule has 0 bridgehead atoms. The van der Waals surface area contributed by atoms with E-state index in [0.29, 0.717) is 29.7 Å². The van der Waals surface area contributed by atoms with Gasteiger partial charge in [-0.2, -0.15) is 0 Å². The molecular formula is C43H53N5O14. The van der Waals surface area contributed by atoms with E-state index in [1.165, 1.54) is 0 Å². The lowest BCUT2D eigenvalue weighted by molar-refractivity contribution is -0.143. The van der Waals surface area contributed by atoms with Gasteiger partial charge in [0.2, 0.25) is 5.91 Å². The van der Waals surface area contributed by atoms with Crippen molar-refractivity contribution in [3.8, 4) is 5.75 Å². The number of urea groups is 1. The summed E-state index contributed by atoms with van der Waals surface area (Å²) in [7, 11) is 0. The second kappa shape index (κ2) is 26.2. The van der Waals surface area contributed by atoms with Crippen molar-refractivity contribution in [2.75, 3.05) is 19.7 Å². The summed E-state index contributed by atoms with van der Waals surface area (Å²) in [5, 5.41) is 40.3. The summed E-state index contributed by atoms with van der Waals surface area (Å²) < 4.78 is 10.5. The van der Waals surface area contributed by atoms with Gasteiger partial charge in [0, 0.05) is 37.8 Å². The molecule has 1 aliphatic rings. The Morgan fingerprint density at radius 3 is 2.15 bits per heavy atom. The van der Waals surface area contributed by atoms with Crippen molar-refractivity contribution in [2.45, 2.75) is 89.4 Å². The number of aliphatic carboxylic acids is 3. The maximum Gasteiger partial charge on any atom is 0.326 e. The van der Waals surface area contributed by atoms with Gasteiger partial charge < -0.3 is 51.4 Å². The van der Waals surface area contributed by atoms with E-state index < -0.39 is 78.8 Å². The first-order valence-corrected chi connectivity index (χ1v) is 20.0. The van der Waals surface area contributed by atoms with Gasteiger partial charge in [0.15, 0.2) is 18.6 Å². The maximum atomic E-state index is 13.3. The molecule has 334 valence electrons. The third-order valence-electron chi connectivity index (χ3n) is 9.61. The number of nitrogens with one attached hydrogen (secondary N) is 5. The normalized spacial score (nSPS) is 13.9. The van der Waals surface area contributed by atoms with E-state index in [1.807, 2.05) is 13.0 Å². The highest BCUT2D eigenvalue weighted by molar-refractivity contribution is 5.99. The number of Topliss-reactive ketones (excluding diaryl/α,β-unsaturated/α-hetero) is 1. The van der Waals surface area contributed by atoms with Crippen molar-refractivity contribution in [1.82, 2.24) is 26.6 Å². The Morgan fingerprint density at radius 2 is 1.50 bits per heavy atom. The number of carbonyl (C=O) groups excluding carboxylic acids is 6. The molecule has 0 unspecified atom stereocenters. The zero-order valence-electron chi connectivity index (χ0n) is 34.3. The Kier molecular flexibility index (Phi) is 20.9. The first-order valence-electron chi connectivity index (χ1n) is 20.0. The summed E-state index contributed by atoms with van der Waals surface area (Å²) in [6, 6.07) is 11.8. The Labute approximate surface area is 357 Å². The molecule has 19 heteroatoms. The van der Waals surface area contributed by atoms with E-state index in [4.69, 9.17) is 14.6 Å². The topological polar surface area (TPSA) is 293 Å². The van der Waals surface area contributed by atoms with Gasteiger partial charge in [-0.05, 0) is 68.7 Å². The molecule has 3 rings (SSSR count). The van der Waals surface area contributed by atoms with Crippen molar-refractivity contribution in [3.05, 3.63) is 89.0 Å². The number of unbranched alkanes of at least 4 members (excludes halogenated alkanes) is 1. The Bertz CT molecular complexity index is 1950. The van der Waals surface area contributed by atoms with Gasteiger partial charge in [-0.15, -0.1) is 0 Å². The van der Waals surface area contributed by atoms with Crippen LogP contribution in [0.2, 0.25) is 0 Å². The van der Waals surface area contributed by atoms with E-state index in [2.05, 4.69) is 26.6 Å². The van der Waals surface area contributed by atoms with Gasteiger partial charge in [-0.1, -0.05) is 60.2 Å². The highest BCUT2D eigenvalue weighted by Gasteiger charge is 2.25. The van der Waals surface area contributed by atoms with Crippen LogP contribution in [0.4, 0.5) is 4.79 Å². The average Bonchev–Trinajstić information content (AvgIpc) is 3.23. The smallest absolute Gasteiger partial charge is 0.326 e. The number of carboxylic acids is 3. The fraction of sp³-hybridized carbons (Fsp3) is 0.419. The zero-order valence-corrected chi connectivity index (χ0v) is 34.3. The molecule has 0 aromatic heterocycles. The zero-order chi connectivity index (χ0) is 45.4. The first-order chi connectivity index (χ1) is 29.6. The van der Waals surface area contributed by atoms with Gasteiger partial charge in [-0.25, -0.2) is 9.59 Å². The van der Waals surface area contributed by atoms with Crippen LogP contribution in [0.5, 0.6) is 5.75 Å². The fourth-order valence-electron chi connectivity index (χ4n) is 6.27. The third-order valence-corrected chi connectivity index (χ3v) is 9.61. The van der Waals surface area contributed by atoms with Crippen LogP contribution in [-0.4, -0.2) is 107 Å². The highest BCUT2D eigenvalue weighted by atomic mass is 16.5. The summed E-state index contributed by atoms with van der Waals surface area (Å²) in [6.07, 6.45) is 3.86. The number of hydrogen-bond donors (Lipinski definition) is 8. The van der Waals surface area contributed by atoms with Gasteiger partial charge in [0.25, 0.3) is 18.3 Å². The summed E-state index contributed by atoms with van der Waals surface area (Å²) >= 11 is 0. The van der Waals surface area contributed by atoms with Gasteiger partial charge in [-0.3, -0.25) is 33.6 Å². The van der Waals surface area contributed by atoms with Crippen LogP contribution in [0.25, 0.3) is 0 Å². The average molecular weight is 864 g/mol. The maximum absolute atomic E-state index is 13.3. The second-order valence-electron chi connectivity index (χ2n) is 14.5. The Balaban J connectivity index is 1.47. The fourth-order valence-corrected chi connectivity index (χ4v) is 6.27. The molecule has 4 atom stereocenters. The van der Waals surface area contributed by atoms with Gasteiger partial charge in [0.1, 0.15) is 17.8 Å². The summed E-state index contributed by atoms with van der Waals surface area (Å²) in [4.78, 5) is 109. The predicted octanol–water partition coefficient (Wildman–Crippen LogP) is 2.18. The second-order valence-corrected chi connectivity index (χ2v) is 14.5. The van der Waals surface area contributed by atoms with E-state index in [0.717, 1.165) is 24.0 Å². The van der Waals surface area contributed by atoms with Crippen LogP contribution in [0, 0.1) is 5.92 Å². The molecule has 0 heterocycles. The molecule has 5 amide bonds. The number of carboxylic acid groups (broad SMARTS) is 3. The highest BCUT2D eigenvalue weighted by Crippen LogP contribution is 2.20. The van der Waals surface area contributed by atoms with Crippen molar-refractivity contribution < 1.29 is 67.9 Å². The predicted molar refractivity (Wildman–Crippen MR) is 220 cm³/mol. The summed E-state index contributed by atoms with van der Waals surface area (Å²) in [5.41, 5.74) is 2.80. The molecule has 19 nitrogen and oxygen atoms in total. The lowest BCUT2D eigenvalue weighted by atomic mass is 9.94. The summed E-state index contributed by atoms with van der Waals surface area (Å²) in [6.45, 7) is 1.35. The monoisotopic (exact) mass is 863 g/mol. The molecule has 2 aromatic carbocycles. The largest absolute Gasteiger partial charge is 0.484 e. The van der Waals surface area contributed by atoms with E-state index in [9.17, 15) is 53.4 Å². The minimum Gasteiger partial charge on any atom is -0.484 e. The molecule has 0 fully saturated rings. The minimum atomic E-state index is -1.49. The van der Waals surface area contributed by atoms with Crippen molar-refractivity contribution in [1.29, 1.82) is 0 Å². The van der Waals surface area contributed by atoms with Crippen LogP contribution >= 0.6 is 0 Å². The molecule has 0 radical (unpaired) electrons. The van der Waals surface area contributed by atoms with E-state index >= 15 is 0 Å². The Morgan fingerprint density at radius 1 is 0.790 bits per heavy atom. The molecule has 1 aliphatic carbocycles. The molecule has 0 saturated carbocycles. The number of benzene rings is 2. The Hall–Kier alpha value is -7.05. The van der Waals surface area contributed by atoms with Crippen molar-refractivity contribution >= 4 is 53.9 Å². The number of carbonyl (C=O) groups is 9. The van der Waals surface area contributed by atoms with Crippen LogP contribution in [-0.2, 0) is 55.9 Å². The summed E-state index contributed by atoms with van der Waals surface area (Å²) in [5.74, 6) is -6.48. The number of hydrogen-bond acceptors (Lipinski definition) is 11. The van der Waals surface area contributed by atoms with Crippen LogP contribution < -0.4 is 31.3 Å². The minimum absolute atomic E-state index is 0.0345. The SMILES string of the molecule is CC1=C(C(=O)NCC(=O)C[C@@H](Cc2ccc(OCC(=O)N[C@@H](Cc3ccccc3)C(=O)NCCCC[C@H](NC(=O)N[C@@H](CCC(=O)O)C(=O)O)OC=O)cc2)C(=O)O)C=CCC1. The number of rotatable bonds is 28. The third kappa shape index (κ3) is 18.5.